The van der Waals surface area contributed by atoms with E-state index in [-0.39, 0.29) is 22.9 Å². The van der Waals surface area contributed by atoms with Gasteiger partial charge in [-0.2, -0.15) is 0 Å². The van der Waals surface area contributed by atoms with Crippen molar-refractivity contribution in [2.75, 3.05) is 23.3 Å². The van der Waals surface area contributed by atoms with E-state index in [1.807, 2.05) is 41.3 Å². The topological polar surface area (TPSA) is 70.7 Å². The van der Waals surface area contributed by atoms with Crippen molar-refractivity contribution in [3.63, 3.8) is 0 Å². The van der Waals surface area contributed by atoms with Crippen molar-refractivity contribution in [3.8, 4) is 5.75 Å². The Bertz CT molecular complexity index is 1150. The Kier molecular flexibility index (Phi) is 11.7. The lowest BCUT2D eigenvalue weighted by Crippen LogP contribution is -2.44. The number of ether oxygens (including phenoxy) is 1. The molecule has 1 saturated heterocycles. The molecule has 2 amide bonds. The Hall–Kier alpha value is -2.62. The molecule has 1 aliphatic heterocycles. The Balaban J connectivity index is 0.00000186. The Morgan fingerprint density at radius 2 is 1.57 bits per heavy atom. The molecule has 0 aromatic heterocycles. The smallest absolute Gasteiger partial charge is 0.255 e. The highest BCUT2D eigenvalue weighted by Gasteiger charge is 2.24. The first-order chi connectivity index (χ1) is 18.0. The molecule has 0 atom stereocenters. The van der Waals surface area contributed by atoms with Gasteiger partial charge >= 0.3 is 0 Å². The van der Waals surface area contributed by atoms with Gasteiger partial charge in [0.05, 0.1) is 16.3 Å². The van der Waals surface area contributed by atoms with Gasteiger partial charge in [-0.25, -0.2) is 0 Å². The largest absolute Gasteiger partial charge is 0.488 e. The molecule has 1 aliphatic rings. The van der Waals surface area contributed by atoms with Crippen LogP contribution in [0, 0.1) is 0 Å². The summed E-state index contributed by atoms with van der Waals surface area (Å²) < 4.78 is 6.02. The second kappa shape index (κ2) is 15.0. The number of nitrogens with one attached hydrogen (secondary N) is 2. The number of rotatable bonds is 8. The first-order valence-corrected chi connectivity index (χ1v) is 14.7. The maximum Gasteiger partial charge on any atom is 0.255 e. The highest BCUT2D eigenvalue weighted by molar-refractivity contribution is 14.1. The van der Waals surface area contributed by atoms with Crippen LogP contribution in [-0.4, -0.2) is 40.8 Å². The number of hydrogen-bond donors (Lipinski definition) is 2. The van der Waals surface area contributed by atoms with Crippen molar-refractivity contribution in [3.05, 3.63) is 94.5 Å². The summed E-state index contributed by atoms with van der Waals surface area (Å²) >= 11 is 8.54. The second-order valence-electron chi connectivity index (χ2n) is 8.79. The van der Waals surface area contributed by atoms with Crippen LogP contribution in [0.1, 0.15) is 41.3 Å². The number of benzene rings is 3. The van der Waals surface area contributed by atoms with E-state index in [0.29, 0.717) is 23.6 Å². The number of carbonyl (C=O) groups excluding carboxylic acids is 2. The fraction of sp³-hybridized carbons (Fsp3) is 0.310. The van der Waals surface area contributed by atoms with Crippen molar-refractivity contribution in [2.24, 2.45) is 0 Å². The molecule has 8 heteroatoms. The molecule has 0 aliphatic carbocycles. The number of likely N-dealkylation sites (tertiary alicyclic amines) is 1. The lowest BCUT2D eigenvalue weighted by Gasteiger charge is -2.32. The number of anilines is 1. The minimum absolute atomic E-state index is 0.0743. The molecule has 4 rings (SSSR count). The van der Waals surface area contributed by atoms with Crippen LogP contribution in [0.15, 0.2) is 72.8 Å². The van der Waals surface area contributed by atoms with Crippen LogP contribution in [0.25, 0.3) is 0 Å². The molecule has 0 radical (unpaired) electrons. The molecule has 0 unspecified atom stereocenters. The van der Waals surface area contributed by atoms with E-state index in [2.05, 4.69) is 62.4 Å². The number of piperidine rings is 1. The lowest BCUT2D eigenvalue weighted by atomic mass is 10.0. The SMILES string of the molecule is CC(=O)Nc1cc(OCc2ccccc2)c(C(=O)NC2CCN(Cc3ccccc3)CC2)cc1Cl.CI. The quantitative estimate of drug-likeness (QED) is 0.225. The highest BCUT2D eigenvalue weighted by Crippen LogP contribution is 2.32. The third-order valence-corrected chi connectivity index (χ3v) is 6.35. The van der Waals surface area contributed by atoms with E-state index < -0.39 is 0 Å². The fourth-order valence-electron chi connectivity index (χ4n) is 4.21. The summed E-state index contributed by atoms with van der Waals surface area (Å²) in [4.78, 5) is 29.2. The number of hydrogen-bond acceptors (Lipinski definition) is 4. The number of carbonyl (C=O) groups is 2. The summed E-state index contributed by atoms with van der Waals surface area (Å²) in [5, 5.41) is 6.14. The van der Waals surface area contributed by atoms with E-state index in [4.69, 9.17) is 16.3 Å². The molecular formula is C29H33ClIN3O3. The van der Waals surface area contributed by atoms with Crippen molar-refractivity contribution in [1.82, 2.24) is 10.2 Å². The number of amides is 2. The van der Waals surface area contributed by atoms with E-state index in [1.54, 1.807) is 12.1 Å². The number of halogens is 2. The summed E-state index contributed by atoms with van der Waals surface area (Å²) in [5.74, 6) is -0.104. The van der Waals surface area contributed by atoms with Crippen molar-refractivity contribution >= 4 is 51.7 Å². The van der Waals surface area contributed by atoms with Gasteiger partial charge in [0.15, 0.2) is 0 Å². The van der Waals surface area contributed by atoms with Crippen LogP contribution in [0.4, 0.5) is 5.69 Å². The summed E-state index contributed by atoms with van der Waals surface area (Å²) in [6.45, 7) is 4.45. The minimum atomic E-state index is -0.250. The molecule has 1 fully saturated rings. The molecule has 2 N–H and O–H groups in total. The third-order valence-electron chi connectivity index (χ3n) is 6.03. The number of nitrogens with zero attached hydrogens (tertiary/aromatic N) is 1. The van der Waals surface area contributed by atoms with Gasteiger partial charge in [-0.3, -0.25) is 14.5 Å². The zero-order valence-electron chi connectivity index (χ0n) is 21.2. The zero-order valence-corrected chi connectivity index (χ0v) is 24.1. The Morgan fingerprint density at radius 1 is 0.973 bits per heavy atom. The van der Waals surface area contributed by atoms with Gasteiger partial charge in [-0.1, -0.05) is 94.9 Å². The Morgan fingerprint density at radius 3 is 2.16 bits per heavy atom. The maximum absolute atomic E-state index is 13.3. The van der Waals surface area contributed by atoms with Gasteiger partial charge in [-0.15, -0.1) is 0 Å². The van der Waals surface area contributed by atoms with E-state index in [0.717, 1.165) is 38.0 Å². The van der Waals surface area contributed by atoms with E-state index in [9.17, 15) is 9.59 Å². The van der Waals surface area contributed by atoms with Crippen LogP contribution < -0.4 is 15.4 Å². The van der Waals surface area contributed by atoms with Gasteiger partial charge in [0.1, 0.15) is 12.4 Å². The zero-order chi connectivity index (χ0) is 26.6. The summed E-state index contributed by atoms with van der Waals surface area (Å²) in [5.41, 5.74) is 3.03. The molecule has 6 nitrogen and oxygen atoms in total. The molecule has 3 aromatic carbocycles. The van der Waals surface area contributed by atoms with E-state index in [1.165, 1.54) is 12.5 Å². The van der Waals surface area contributed by atoms with Gasteiger partial charge in [0.25, 0.3) is 5.91 Å². The molecule has 0 saturated carbocycles. The molecule has 0 bridgehead atoms. The highest BCUT2D eigenvalue weighted by atomic mass is 127. The summed E-state index contributed by atoms with van der Waals surface area (Å²) in [7, 11) is 0. The van der Waals surface area contributed by atoms with Gasteiger partial charge in [-0.05, 0) is 35.0 Å². The second-order valence-corrected chi connectivity index (χ2v) is 9.20. The van der Waals surface area contributed by atoms with Crippen molar-refractivity contribution < 1.29 is 14.3 Å². The fourth-order valence-corrected chi connectivity index (χ4v) is 4.42. The average Bonchev–Trinajstić information content (AvgIpc) is 2.92. The normalized spacial score (nSPS) is 13.7. The predicted molar refractivity (Wildman–Crippen MR) is 159 cm³/mol. The molecule has 1 heterocycles. The molecule has 37 heavy (non-hydrogen) atoms. The monoisotopic (exact) mass is 633 g/mol. The molecule has 3 aromatic rings. The van der Waals surface area contributed by atoms with Crippen LogP contribution in [0.2, 0.25) is 5.02 Å². The first kappa shape index (κ1) is 28.9. The first-order valence-electron chi connectivity index (χ1n) is 12.2. The standard InChI is InChI=1S/C28H30ClN3O3.CH3I/c1-20(33)30-26-17-27(35-19-22-10-6-3-7-11-22)24(16-25(26)29)28(34)31-23-12-14-32(15-13-23)18-21-8-4-2-5-9-21;1-2/h2-11,16-17,23H,12-15,18-19H2,1H3,(H,30,33)(H,31,34);1H3. The predicted octanol–water partition coefficient (Wildman–Crippen LogP) is 6.32. The molecule has 0 spiro atoms. The van der Waals surface area contributed by atoms with Crippen LogP contribution in [0.5, 0.6) is 5.75 Å². The van der Waals surface area contributed by atoms with E-state index >= 15 is 0 Å². The van der Waals surface area contributed by atoms with Crippen LogP contribution in [0.3, 0.4) is 0 Å². The number of alkyl halides is 1. The van der Waals surface area contributed by atoms with Gasteiger partial charge < -0.3 is 15.4 Å². The van der Waals surface area contributed by atoms with Crippen molar-refractivity contribution in [2.45, 2.75) is 39.0 Å². The van der Waals surface area contributed by atoms with Crippen LogP contribution in [-0.2, 0) is 17.9 Å². The minimum Gasteiger partial charge on any atom is -0.488 e. The molecule has 196 valence electrons. The lowest BCUT2D eigenvalue weighted by molar-refractivity contribution is -0.114. The maximum atomic E-state index is 13.3. The van der Waals surface area contributed by atoms with Crippen molar-refractivity contribution in [1.29, 1.82) is 0 Å². The Labute approximate surface area is 237 Å². The van der Waals surface area contributed by atoms with Crippen LogP contribution >= 0.6 is 34.2 Å². The van der Waals surface area contributed by atoms with Gasteiger partial charge in [0.2, 0.25) is 5.91 Å². The van der Waals surface area contributed by atoms with Gasteiger partial charge in [0, 0.05) is 38.7 Å². The summed E-state index contributed by atoms with van der Waals surface area (Å²) in [6, 6.07) is 23.4. The molecular weight excluding hydrogens is 601 g/mol. The average molecular weight is 634 g/mol. The summed E-state index contributed by atoms with van der Waals surface area (Å²) in [6.07, 6.45) is 1.74. The third kappa shape index (κ3) is 9.02.